The van der Waals surface area contributed by atoms with Gasteiger partial charge in [-0.2, -0.15) is 0 Å². The van der Waals surface area contributed by atoms with Crippen molar-refractivity contribution >= 4 is 52.6 Å². The first-order chi connectivity index (χ1) is 28.3. The third kappa shape index (κ3) is 15.2. The molecule has 0 saturated carbocycles. The molecule has 0 spiro atoms. The van der Waals surface area contributed by atoms with Gasteiger partial charge in [-0.3, -0.25) is 28.9 Å². The Bertz CT molecular complexity index is 1900. The minimum absolute atomic E-state index is 0.0262. The third-order valence-corrected chi connectivity index (χ3v) is 10.1. The molecule has 16 nitrogen and oxygen atoms in total. The number of fused-ring (bicyclic) bond motifs is 1. The molecule has 0 aliphatic heterocycles. The summed E-state index contributed by atoms with van der Waals surface area (Å²) in [4.78, 5) is 95.2. The number of carbonyl (C=O) groups is 7. The van der Waals surface area contributed by atoms with Crippen LogP contribution < -0.4 is 16.0 Å². The average Bonchev–Trinajstić information content (AvgIpc) is 3.51. The quantitative estimate of drug-likeness (QED) is 0.0713. The molecule has 340 valence electrons. The van der Waals surface area contributed by atoms with Crippen molar-refractivity contribution < 1.29 is 47.8 Å². The van der Waals surface area contributed by atoms with E-state index in [0.29, 0.717) is 6.42 Å². The Hall–Kier alpha value is -5.41. The Labute approximate surface area is 361 Å². The number of amides is 5. The molecule has 0 aliphatic rings. The molecule has 0 aliphatic carbocycles. The van der Waals surface area contributed by atoms with Crippen LogP contribution in [-0.2, 0) is 55.4 Å². The summed E-state index contributed by atoms with van der Waals surface area (Å²) in [6, 6.07) is 4.49. The minimum atomic E-state index is -1.13. The van der Waals surface area contributed by atoms with Gasteiger partial charge < -0.3 is 39.6 Å². The van der Waals surface area contributed by atoms with Crippen LogP contribution in [0.4, 0.5) is 4.79 Å². The summed E-state index contributed by atoms with van der Waals surface area (Å²) in [6.45, 7) is 19.9. The molecule has 16 heteroatoms. The number of hydrogen-bond acceptors (Lipinski definition) is 10. The SMILES string of the molecule is CCOC(=O)CCCNC(=O)CCC(NC(=O)/C(C)=C/CN(C)C(=O)C(NC(=O)[C@@H](N(C)C(=O)OC(C)(C)C)C(C)(C)c1cn(C)c2ccccc12)C(C)(C)C)C(=O)OCC. The molecule has 0 saturated heterocycles. The molecule has 3 atom stereocenters. The molecule has 0 fully saturated rings. The van der Waals surface area contributed by atoms with Gasteiger partial charge in [-0.05, 0) is 71.4 Å². The summed E-state index contributed by atoms with van der Waals surface area (Å²) in [6.07, 6.45) is 3.20. The molecule has 1 aromatic carbocycles. The molecular formula is C45H70N6O10. The molecule has 2 aromatic rings. The summed E-state index contributed by atoms with van der Waals surface area (Å²) < 4.78 is 17.7. The van der Waals surface area contributed by atoms with Crippen molar-refractivity contribution in [1.29, 1.82) is 0 Å². The van der Waals surface area contributed by atoms with Crippen molar-refractivity contribution in [3.8, 4) is 0 Å². The highest BCUT2D eigenvalue weighted by Gasteiger charge is 2.46. The standard InChI is InChI=1S/C45H70N6O10/c1-15-59-35(53)22-19-26-46-34(52)24-23-32(41(57)60-16-2)47-38(54)29(3)25-27-49(12)40(56)36(43(4,5)6)48-39(55)37(51(14)42(58)61-44(7,8)9)45(10,11)31-28-50(13)33-21-18-17-20-30(31)33/h17-18,20-21,25,28,32,36-37H,15-16,19,22-24,26-27H2,1-14H3,(H,46,52)(H,47,54)(H,48,55)/b29-25+/t32?,36?,37-/m1/s1. The van der Waals surface area contributed by atoms with E-state index in [0.717, 1.165) is 16.5 Å². The fourth-order valence-corrected chi connectivity index (χ4v) is 6.80. The van der Waals surface area contributed by atoms with Crippen LogP contribution in [0, 0.1) is 5.41 Å². The van der Waals surface area contributed by atoms with E-state index < -0.39 is 64.3 Å². The first kappa shape index (κ1) is 51.7. The summed E-state index contributed by atoms with van der Waals surface area (Å²) in [5.41, 5.74) is -0.647. The number of likely N-dealkylation sites (N-methyl/N-ethyl adjacent to an activating group) is 2. The number of nitrogens with one attached hydrogen (secondary N) is 3. The number of rotatable bonds is 20. The number of aromatic nitrogens is 1. The Kier molecular flexibility index (Phi) is 19.0. The first-order valence-electron chi connectivity index (χ1n) is 20.9. The van der Waals surface area contributed by atoms with Gasteiger partial charge in [0.05, 0.1) is 13.2 Å². The topological polar surface area (TPSA) is 195 Å². The maximum Gasteiger partial charge on any atom is 0.410 e. The normalized spacial score (nSPS) is 13.6. The molecule has 5 amide bonds. The van der Waals surface area contributed by atoms with Crippen molar-refractivity contribution in [3.05, 3.63) is 47.7 Å². The number of ether oxygens (including phenoxy) is 3. The number of benzene rings is 1. The van der Waals surface area contributed by atoms with Crippen LogP contribution in [0.1, 0.15) is 107 Å². The van der Waals surface area contributed by atoms with E-state index in [1.54, 1.807) is 41.7 Å². The number of hydrogen-bond donors (Lipinski definition) is 3. The van der Waals surface area contributed by atoms with Gasteiger partial charge in [0, 0.05) is 75.2 Å². The van der Waals surface area contributed by atoms with Gasteiger partial charge in [-0.25, -0.2) is 9.59 Å². The van der Waals surface area contributed by atoms with Crippen LogP contribution in [0.2, 0.25) is 0 Å². The van der Waals surface area contributed by atoms with E-state index in [4.69, 9.17) is 14.2 Å². The van der Waals surface area contributed by atoms with Gasteiger partial charge in [0.1, 0.15) is 23.7 Å². The first-order valence-corrected chi connectivity index (χ1v) is 20.9. The summed E-state index contributed by atoms with van der Waals surface area (Å²) >= 11 is 0. The van der Waals surface area contributed by atoms with Crippen LogP contribution in [0.15, 0.2) is 42.1 Å². The molecule has 3 N–H and O–H groups in total. The van der Waals surface area contributed by atoms with E-state index in [1.807, 2.05) is 76.7 Å². The number of esters is 2. The van der Waals surface area contributed by atoms with Crippen LogP contribution in [0.3, 0.4) is 0 Å². The lowest BCUT2D eigenvalue weighted by atomic mass is 9.76. The number of aryl methyl sites for hydroxylation is 1. The van der Waals surface area contributed by atoms with Crippen LogP contribution in [0.5, 0.6) is 0 Å². The molecule has 0 bridgehead atoms. The summed E-state index contributed by atoms with van der Waals surface area (Å²) in [5, 5.41) is 9.23. The van der Waals surface area contributed by atoms with Gasteiger partial charge >= 0.3 is 18.0 Å². The highest BCUT2D eigenvalue weighted by Crippen LogP contribution is 2.37. The van der Waals surface area contributed by atoms with Crippen LogP contribution in [-0.4, -0.2) is 120 Å². The zero-order chi connectivity index (χ0) is 46.5. The molecule has 0 radical (unpaired) electrons. The fourth-order valence-electron chi connectivity index (χ4n) is 6.80. The molecule has 2 unspecified atom stereocenters. The maximum absolute atomic E-state index is 14.7. The lowest BCUT2D eigenvalue weighted by Gasteiger charge is -2.41. The predicted octanol–water partition coefficient (Wildman–Crippen LogP) is 4.91. The molecule has 1 heterocycles. The number of carbonyl (C=O) groups excluding carboxylic acids is 7. The predicted molar refractivity (Wildman–Crippen MR) is 233 cm³/mol. The van der Waals surface area contributed by atoms with Gasteiger partial charge in [0.2, 0.25) is 23.6 Å². The van der Waals surface area contributed by atoms with Crippen molar-refractivity contribution in [1.82, 2.24) is 30.3 Å². The van der Waals surface area contributed by atoms with E-state index in [1.165, 1.54) is 29.8 Å². The highest BCUT2D eigenvalue weighted by atomic mass is 16.6. The largest absolute Gasteiger partial charge is 0.466 e. The second-order valence-corrected chi connectivity index (χ2v) is 17.9. The van der Waals surface area contributed by atoms with E-state index in [-0.39, 0.29) is 63.0 Å². The van der Waals surface area contributed by atoms with Gasteiger partial charge in [0.15, 0.2) is 0 Å². The highest BCUT2D eigenvalue weighted by molar-refractivity contribution is 5.96. The van der Waals surface area contributed by atoms with E-state index >= 15 is 0 Å². The minimum Gasteiger partial charge on any atom is -0.466 e. The molecule has 61 heavy (non-hydrogen) atoms. The second-order valence-electron chi connectivity index (χ2n) is 17.9. The zero-order valence-corrected chi connectivity index (χ0v) is 38.8. The lowest BCUT2D eigenvalue weighted by Crippen LogP contribution is -2.62. The van der Waals surface area contributed by atoms with E-state index in [2.05, 4.69) is 16.0 Å². The van der Waals surface area contributed by atoms with Gasteiger partial charge in [-0.1, -0.05) is 58.9 Å². The molecule has 2 rings (SSSR count). The monoisotopic (exact) mass is 855 g/mol. The molecule has 1 aromatic heterocycles. The Morgan fingerprint density at radius 2 is 1.49 bits per heavy atom. The van der Waals surface area contributed by atoms with Crippen molar-refractivity contribution in [3.63, 3.8) is 0 Å². The molecular weight excluding hydrogens is 785 g/mol. The fraction of sp³-hybridized carbons (Fsp3) is 0.622. The average molecular weight is 855 g/mol. The number of nitrogens with zero attached hydrogens (tertiary/aromatic N) is 3. The van der Waals surface area contributed by atoms with Gasteiger partial charge in [-0.15, -0.1) is 0 Å². The summed E-state index contributed by atoms with van der Waals surface area (Å²) in [7, 11) is 4.98. The van der Waals surface area contributed by atoms with E-state index in [9.17, 15) is 33.6 Å². The third-order valence-electron chi connectivity index (χ3n) is 10.1. The van der Waals surface area contributed by atoms with Crippen LogP contribution in [0.25, 0.3) is 10.9 Å². The number of para-hydroxylation sites is 1. The summed E-state index contributed by atoms with van der Waals surface area (Å²) in [5.74, 6) is -3.01. The Balaban J connectivity index is 2.29. The zero-order valence-electron chi connectivity index (χ0n) is 38.8. The Morgan fingerprint density at radius 3 is 2.08 bits per heavy atom. The Morgan fingerprint density at radius 1 is 0.869 bits per heavy atom. The van der Waals surface area contributed by atoms with Crippen molar-refractivity contribution in [2.45, 2.75) is 131 Å². The lowest BCUT2D eigenvalue weighted by molar-refractivity contribution is -0.147. The smallest absolute Gasteiger partial charge is 0.410 e. The van der Waals surface area contributed by atoms with Crippen molar-refractivity contribution in [2.24, 2.45) is 12.5 Å². The van der Waals surface area contributed by atoms with Crippen molar-refractivity contribution in [2.75, 3.05) is 40.4 Å². The maximum atomic E-state index is 14.7. The van der Waals surface area contributed by atoms with Gasteiger partial charge in [0.25, 0.3) is 0 Å². The second kappa shape index (κ2) is 22.4. The van der Waals surface area contributed by atoms with Crippen LogP contribution >= 0.6 is 0 Å².